The van der Waals surface area contributed by atoms with E-state index in [-0.39, 0.29) is 0 Å². The van der Waals surface area contributed by atoms with Crippen molar-refractivity contribution in [1.29, 1.82) is 0 Å². The molecule has 0 saturated carbocycles. The minimum Gasteiger partial charge on any atom is -0.381 e. The van der Waals surface area contributed by atoms with Gasteiger partial charge in [-0.2, -0.15) is 11.8 Å². The van der Waals surface area contributed by atoms with E-state index < -0.39 is 0 Å². The van der Waals surface area contributed by atoms with E-state index in [1.165, 1.54) is 12.8 Å². The van der Waals surface area contributed by atoms with Crippen LogP contribution < -0.4 is 0 Å². The molecule has 1 unspecified atom stereocenters. The lowest BCUT2D eigenvalue weighted by atomic mass is 10.4. The third kappa shape index (κ3) is 10.5. The summed E-state index contributed by atoms with van der Waals surface area (Å²) in [4.78, 5) is 0. The smallest absolute Gasteiger partial charge is 0.0556 e. The van der Waals surface area contributed by atoms with Crippen LogP contribution in [-0.2, 0) is 4.74 Å². The fraction of sp³-hybridized carbons (Fsp3) is 1.00. The molecule has 13 heavy (non-hydrogen) atoms. The van der Waals surface area contributed by atoms with Gasteiger partial charge in [-0.25, -0.2) is 0 Å². The summed E-state index contributed by atoms with van der Waals surface area (Å²) in [6, 6.07) is 0. The molecule has 0 aliphatic carbocycles. The van der Waals surface area contributed by atoms with Crippen LogP contribution in [0, 0.1) is 0 Å². The average molecular weight is 225 g/mol. The highest BCUT2D eigenvalue weighted by molar-refractivity contribution is 7.99. The van der Waals surface area contributed by atoms with Crippen LogP contribution >= 0.6 is 23.4 Å². The number of hydrogen-bond acceptors (Lipinski definition) is 2. The van der Waals surface area contributed by atoms with Gasteiger partial charge in [-0.05, 0) is 12.8 Å². The highest BCUT2D eigenvalue weighted by Gasteiger charge is 2.00. The summed E-state index contributed by atoms with van der Waals surface area (Å²) in [5, 5.41) is 0.673. The van der Waals surface area contributed by atoms with Crippen molar-refractivity contribution in [2.75, 3.05) is 24.8 Å². The zero-order chi connectivity index (χ0) is 9.94. The summed E-state index contributed by atoms with van der Waals surface area (Å²) in [6.45, 7) is 6.21. The molecule has 0 rings (SSSR count). The number of thioether (sulfide) groups is 1. The Bertz CT molecular complexity index is 101. The first kappa shape index (κ1) is 13.6. The lowest BCUT2D eigenvalue weighted by Gasteiger charge is -2.08. The standard InChI is InChI=1S/C10H21ClOS/c1-3-4-7-12-8-9-13-10(2)5-6-11/h10H,3-9H2,1-2H3. The van der Waals surface area contributed by atoms with Gasteiger partial charge in [-0.15, -0.1) is 11.6 Å². The molecule has 0 amide bonds. The van der Waals surface area contributed by atoms with E-state index in [0.717, 1.165) is 31.3 Å². The second kappa shape index (κ2) is 10.7. The SMILES string of the molecule is CCCCOCCSC(C)CCCl. The maximum Gasteiger partial charge on any atom is 0.0556 e. The van der Waals surface area contributed by atoms with Gasteiger partial charge in [0.05, 0.1) is 6.61 Å². The molecular formula is C10H21ClOS. The Morgan fingerprint density at radius 1 is 1.38 bits per heavy atom. The van der Waals surface area contributed by atoms with Crippen molar-refractivity contribution in [3.05, 3.63) is 0 Å². The summed E-state index contributed by atoms with van der Waals surface area (Å²) in [5.41, 5.74) is 0. The molecule has 0 aliphatic rings. The number of hydrogen-bond donors (Lipinski definition) is 0. The van der Waals surface area contributed by atoms with E-state index in [4.69, 9.17) is 16.3 Å². The molecule has 0 aromatic heterocycles. The summed E-state index contributed by atoms with van der Waals surface area (Å²) in [6.07, 6.45) is 3.50. The van der Waals surface area contributed by atoms with Gasteiger partial charge in [0.1, 0.15) is 0 Å². The lowest BCUT2D eigenvalue weighted by Crippen LogP contribution is -2.04. The van der Waals surface area contributed by atoms with Crippen molar-refractivity contribution < 1.29 is 4.74 Å². The van der Waals surface area contributed by atoms with Gasteiger partial charge in [-0.1, -0.05) is 20.3 Å². The predicted molar refractivity (Wildman–Crippen MR) is 63.0 cm³/mol. The molecule has 0 N–H and O–H groups in total. The minimum absolute atomic E-state index is 0.673. The van der Waals surface area contributed by atoms with Crippen LogP contribution in [0.5, 0.6) is 0 Å². The van der Waals surface area contributed by atoms with Crippen LogP contribution in [-0.4, -0.2) is 30.1 Å². The van der Waals surface area contributed by atoms with Gasteiger partial charge in [0.15, 0.2) is 0 Å². The number of unbranched alkanes of at least 4 members (excludes halogenated alkanes) is 1. The Kier molecular flexibility index (Phi) is 11.2. The van der Waals surface area contributed by atoms with Crippen molar-refractivity contribution in [1.82, 2.24) is 0 Å². The van der Waals surface area contributed by atoms with E-state index >= 15 is 0 Å². The molecule has 0 aliphatic heterocycles. The molecule has 1 nitrogen and oxygen atoms in total. The second-order valence-electron chi connectivity index (χ2n) is 3.12. The van der Waals surface area contributed by atoms with Crippen LogP contribution in [0.15, 0.2) is 0 Å². The van der Waals surface area contributed by atoms with Crippen molar-refractivity contribution in [2.24, 2.45) is 0 Å². The van der Waals surface area contributed by atoms with Crippen molar-refractivity contribution in [3.8, 4) is 0 Å². The molecule has 0 aromatic carbocycles. The van der Waals surface area contributed by atoms with Gasteiger partial charge in [0, 0.05) is 23.5 Å². The van der Waals surface area contributed by atoms with Gasteiger partial charge >= 0.3 is 0 Å². The Morgan fingerprint density at radius 3 is 2.77 bits per heavy atom. The van der Waals surface area contributed by atoms with E-state index in [9.17, 15) is 0 Å². The molecule has 0 radical (unpaired) electrons. The monoisotopic (exact) mass is 224 g/mol. The van der Waals surface area contributed by atoms with E-state index in [1.807, 2.05) is 11.8 Å². The first-order valence-electron chi connectivity index (χ1n) is 5.06. The normalized spacial score (nSPS) is 13.2. The number of ether oxygens (including phenoxy) is 1. The van der Waals surface area contributed by atoms with Crippen LogP contribution in [0.3, 0.4) is 0 Å². The van der Waals surface area contributed by atoms with Crippen molar-refractivity contribution in [3.63, 3.8) is 0 Å². The third-order valence-electron chi connectivity index (χ3n) is 1.79. The number of halogens is 1. The predicted octanol–water partition coefficient (Wildman–Crippen LogP) is 3.55. The van der Waals surface area contributed by atoms with Gasteiger partial charge < -0.3 is 4.74 Å². The minimum atomic E-state index is 0.673. The molecule has 3 heteroatoms. The van der Waals surface area contributed by atoms with Crippen LogP contribution in [0.2, 0.25) is 0 Å². The van der Waals surface area contributed by atoms with Gasteiger partial charge in [0.25, 0.3) is 0 Å². The average Bonchev–Trinajstić information content (AvgIpc) is 2.11. The van der Waals surface area contributed by atoms with Crippen LogP contribution in [0.4, 0.5) is 0 Å². The quantitative estimate of drug-likeness (QED) is 0.438. The summed E-state index contributed by atoms with van der Waals surface area (Å²) in [5.74, 6) is 1.87. The first-order valence-corrected chi connectivity index (χ1v) is 6.64. The third-order valence-corrected chi connectivity index (χ3v) is 3.21. The lowest BCUT2D eigenvalue weighted by molar-refractivity contribution is 0.147. The van der Waals surface area contributed by atoms with E-state index in [0.29, 0.717) is 5.25 Å². The van der Waals surface area contributed by atoms with Crippen molar-refractivity contribution in [2.45, 2.75) is 38.4 Å². The largest absolute Gasteiger partial charge is 0.381 e. The fourth-order valence-corrected chi connectivity index (χ4v) is 2.25. The molecule has 1 atom stereocenters. The summed E-state index contributed by atoms with van der Waals surface area (Å²) in [7, 11) is 0. The Morgan fingerprint density at radius 2 is 2.15 bits per heavy atom. The molecule has 0 bridgehead atoms. The zero-order valence-electron chi connectivity index (χ0n) is 8.72. The number of rotatable bonds is 9. The fourth-order valence-electron chi connectivity index (χ4n) is 0.894. The maximum atomic E-state index is 5.63. The van der Waals surface area contributed by atoms with E-state index in [1.54, 1.807) is 0 Å². The Balaban J connectivity index is 2.97. The molecule has 0 saturated heterocycles. The Hall–Kier alpha value is 0.600. The van der Waals surface area contributed by atoms with Gasteiger partial charge in [-0.3, -0.25) is 0 Å². The van der Waals surface area contributed by atoms with E-state index in [2.05, 4.69) is 13.8 Å². The highest BCUT2D eigenvalue weighted by atomic mass is 35.5. The molecular weight excluding hydrogens is 204 g/mol. The highest BCUT2D eigenvalue weighted by Crippen LogP contribution is 2.13. The molecule has 0 aromatic rings. The topological polar surface area (TPSA) is 9.23 Å². The van der Waals surface area contributed by atoms with Crippen LogP contribution in [0.25, 0.3) is 0 Å². The molecule has 80 valence electrons. The first-order chi connectivity index (χ1) is 6.31. The summed E-state index contributed by atoms with van der Waals surface area (Å²) >= 11 is 7.58. The molecule has 0 fully saturated rings. The van der Waals surface area contributed by atoms with Crippen molar-refractivity contribution >= 4 is 23.4 Å². The van der Waals surface area contributed by atoms with Gasteiger partial charge in [0.2, 0.25) is 0 Å². The second-order valence-corrected chi connectivity index (χ2v) is 5.05. The summed E-state index contributed by atoms with van der Waals surface area (Å²) < 4.78 is 5.45. The zero-order valence-corrected chi connectivity index (χ0v) is 10.3. The number of alkyl halides is 1. The van der Waals surface area contributed by atoms with Crippen LogP contribution in [0.1, 0.15) is 33.1 Å². The molecule has 0 spiro atoms. The molecule has 0 heterocycles. The Labute approximate surface area is 91.6 Å². The maximum absolute atomic E-state index is 5.63.